The van der Waals surface area contributed by atoms with E-state index >= 15 is 0 Å². The number of ether oxygens (including phenoxy) is 1. The zero-order chi connectivity index (χ0) is 15.4. The van der Waals surface area contributed by atoms with Crippen LogP contribution in [0.2, 0.25) is 0 Å². The van der Waals surface area contributed by atoms with Crippen LogP contribution in [-0.4, -0.2) is 13.0 Å². The first kappa shape index (κ1) is 14.9. The average molecular weight is 284 g/mol. The van der Waals surface area contributed by atoms with E-state index in [0.717, 1.165) is 28.1 Å². The van der Waals surface area contributed by atoms with Crippen molar-refractivity contribution in [3.63, 3.8) is 0 Å². The number of carbonyl (C=O) groups excluding carboxylic acids is 1. The zero-order valence-corrected chi connectivity index (χ0v) is 12.6. The van der Waals surface area contributed by atoms with Gasteiger partial charge < -0.3 is 15.8 Å². The van der Waals surface area contributed by atoms with Gasteiger partial charge in [0, 0.05) is 23.4 Å². The van der Waals surface area contributed by atoms with E-state index in [9.17, 15) is 4.79 Å². The van der Waals surface area contributed by atoms with Gasteiger partial charge in [-0.25, -0.2) is 0 Å². The molecule has 110 valence electrons. The molecule has 0 aliphatic heterocycles. The Morgan fingerprint density at radius 1 is 1.14 bits per heavy atom. The number of carbonyl (C=O) groups is 1. The molecule has 3 N–H and O–H groups in total. The smallest absolute Gasteiger partial charge is 0.248 e. The number of amides is 1. The summed E-state index contributed by atoms with van der Waals surface area (Å²) in [6.45, 7) is 4.73. The number of methoxy groups -OCH3 is 1. The van der Waals surface area contributed by atoms with Gasteiger partial charge in [-0.2, -0.15) is 0 Å². The highest BCUT2D eigenvalue weighted by Gasteiger charge is 2.07. The van der Waals surface area contributed by atoms with Crippen molar-refractivity contribution < 1.29 is 9.53 Å². The van der Waals surface area contributed by atoms with Crippen LogP contribution in [0, 0.1) is 13.8 Å². The largest absolute Gasteiger partial charge is 0.496 e. The molecule has 0 heterocycles. The lowest BCUT2D eigenvalue weighted by atomic mass is 10.1. The summed E-state index contributed by atoms with van der Waals surface area (Å²) >= 11 is 0. The molecule has 2 aromatic carbocycles. The highest BCUT2D eigenvalue weighted by atomic mass is 16.5. The molecule has 0 aromatic heterocycles. The van der Waals surface area contributed by atoms with E-state index in [1.807, 2.05) is 38.1 Å². The van der Waals surface area contributed by atoms with E-state index in [2.05, 4.69) is 5.32 Å². The van der Waals surface area contributed by atoms with Gasteiger partial charge in [0.15, 0.2) is 0 Å². The maximum atomic E-state index is 11.0. The van der Waals surface area contributed by atoms with Crippen LogP contribution in [0.25, 0.3) is 0 Å². The second kappa shape index (κ2) is 6.31. The topological polar surface area (TPSA) is 64.3 Å². The number of benzene rings is 2. The summed E-state index contributed by atoms with van der Waals surface area (Å²) < 4.78 is 5.42. The molecule has 0 spiro atoms. The molecule has 2 rings (SSSR count). The minimum Gasteiger partial charge on any atom is -0.496 e. The van der Waals surface area contributed by atoms with Crippen LogP contribution in [0.3, 0.4) is 0 Å². The van der Waals surface area contributed by atoms with Crippen LogP contribution in [0.4, 0.5) is 5.69 Å². The minimum absolute atomic E-state index is 0.409. The lowest BCUT2D eigenvalue weighted by Gasteiger charge is -2.15. The van der Waals surface area contributed by atoms with Crippen molar-refractivity contribution in [2.45, 2.75) is 20.4 Å². The molecule has 0 radical (unpaired) electrons. The van der Waals surface area contributed by atoms with Crippen molar-refractivity contribution in [1.82, 2.24) is 0 Å². The molecule has 4 heteroatoms. The number of hydrogen-bond donors (Lipinski definition) is 2. The molecular weight excluding hydrogens is 264 g/mol. The molecule has 0 fully saturated rings. The Hall–Kier alpha value is -2.49. The summed E-state index contributed by atoms with van der Waals surface area (Å²) in [6.07, 6.45) is 0. The molecule has 2 aromatic rings. The summed E-state index contributed by atoms with van der Waals surface area (Å²) in [5.74, 6) is 0.498. The third-order valence-electron chi connectivity index (χ3n) is 3.53. The van der Waals surface area contributed by atoms with Crippen molar-refractivity contribution in [2.24, 2.45) is 5.73 Å². The fourth-order valence-electron chi connectivity index (χ4n) is 2.32. The lowest BCUT2D eigenvalue weighted by molar-refractivity contribution is 0.100. The molecule has 0 atom stereocenters. The number of aryl methyl sites for hydroxylation is 1. The maximum Gasteiger partial charge on any atom is 0.248 e. The predicted octanol–water partition coefficient (Wildman–Crippen LogP) is 3.02. The Morgan fingerprint density at radius 2 is 1.81 bits per heavy atom. The van der Waals surface area contributed by atoms with Gasteiger partial charge in [-0.05, 0) is 43.2 Å². The standard InChI is InChI=1S/C17H20N2O2/c1-11-4-9-15(12(2)16(11)21-3)19-10-13-5-7-14(8-6-13)17(18)20/h4-9,19H,10H2,1-3H3,(H2,18,20). The van der Waals surface area contributed by atoms with Gasteiger partial charge in [-0.1, -0.05) is 18.2 Å². The Bertz CT molecular complexity index is 649. The summed E-state index contributed by atoms with van der Waals surface area (Å²) in [5, 5.41) is 3.38. The van der Waals surface area contributed by atoms with Crippen LogP contribution in [-0.2, 0) is 6.54 Å². The molecule has 0 unspecified atom stereocenters. The molecular formula is C17H20N2O2. The molecule has 21 heavy (non-hydrogen) atoms. The monoisotopic (exact) mass is 284 g/mol. The van der Waals surface area contributed by atoms with Crippen LogP contribution < -0.4 is 15.8 Å². The number of hydrogen-bond acceptors (Lipinski definition) is 3. The number of primary amides is 1. The van der Waals surface area contributed by atoms with E-state index in [-0.39, 0.29) is 0 Å². The minimum atomic E-state index is -0.409. The summed E-state index contributed by atoms with van der Waals surface area (Å²) in [7, 11) is 1.68. The first-order valence-electron chi connectivity index (χ1n) is 6.79. The summed E-state index contributed by atoms with van der Waals surface area (Å²) in [4.78, 5) is 11.0. The summed E-state index contributed by atoms with van der Waals surface area (Å²) in [6, 6.07) is 11.3. The molecule has 0 saturated heterocycles. The van der Waals surface area contributed by atoms with E-state index in [4.69, 9.17) is 10.5 Å². The van der Waals surface area contributed by atoms with Gasteiger partial charge in [0.1, 0.15) is 5.75 Å². The first-order valence-corrected chi connectivity index (χ1v) is 6.79. The van der Waals surface area contributed by atoms with Crippen molar-refractivity contribution in [3.8, 4) is 5.75 Å². The lowest BCUT2D eigenvalue weighted by Crippen LogP contribution is -2.11. The Labute approximate surface area is 124 Å². The number of nitrogens with one attached hydrogen (secondary N) is 1. The summed E-state index contributed by atoms with van der Waals surface area (Å²) in [5.41, 5.74) is 10.1. The van der Waals surface area contributed by atoms with Gasteiger partial charge in [-0.3, -0.25) is 4.79 Å². The average Bonchev–Trinajstić information content (AvgIpc) is 2.47. The van der Waals surface area contributed by atoms with E-state index in [0.29, 0.717) is 12.1 Å². The van der Waals surface area contributed by atoms with Gasteiger partial charge in [0.25, 0.3) is 0 Å². The van der Waals surface area contributed by atoms with Crippen molar-refractivity contribution in [3.05, 3.63) is 58.7 Å². The first-order chi connectivity index (χ1) is 10.0. The Kier molecular flexibility index (Phi) is 4.48. The molecule has 4 nitrogen and oxygen atoms in total. The molecule has 1 amide bonds. The quantitative estimate of drug-likeness (QED) is 0.887. The van der Waals surface area contributed by atoms with Gasteiger partial charge >= 0.3 is 0 Å². The molecule has 0 aliphatic rings. The maximum absolute atomic E-state index is 11.0. The van der Waals surface area contributed by atoms with Crippen molar-refractivity contribution in [2.75, 3.05) is 12.4 Å². The molecule has 0 saturated carbocycles. The highest BCUT2D eigenvalue weighted by molar-refractivity contribution is 5.92. The third kappa shape index (κ3) is 3.34. The molecule has 0 aliphatic carbocycles. The van der Waals surface area contributed by atoms with Crippen LogP contribution >= 0.6 is 0 Å². The van der Waals surface area contributed by atoms with E-state index in [1.54, 1.807) is 19.2 Å². The van der Waals surface area contributed by atoms with Crippen LogP contribution in [0.5, 0.6) is 5.75 Å². The fourth-order valence-corrected chi connectivity index (χ4v) is 2.32. The van der Waals surface area contributed by atoms with Gasteiger partial charge in [0.05, 0.1) is 7.11 Å². The molecule has 0 bridgehead atoms. The van der Waals surface area contributed by atoms with Gasteiger partial charge in [0.2, 0.25) is 5.91 Å². The zero-order valence-electron chi connectivity index (χ0n) is 12.6. The SMILES string of the molecule is COc1c(C)ccc(NCc2ccc(C(N)=O)cc2)c1C. The van der Waals surface area contributed by atoms with E-state index in [1.165, 1.54) is 0 Å². The second-order valence-electron chi connectivity index (χ2n) is 5.00. The second-order valence-corrected chi connectivity index (χ2v) is 5.00. The van der Waals surface area contributed by atoms with Crippen LogP contribution in [0.1, 0.15) is 27.0 Å². The highest BCUT2D eigenvalue weighted by Crippen LogP contribution is 2.29. The fraction of sp³-hybridized carbons (Fsp3) is 0.235. The Morgan fingerprint density at radius 3 is 2.38 bits per heavy atom. The third-order valence-corrected chi connectivity index (χ3v) is 3.53. The van der Waals surface area contributed by atoms with Crippen molar-refractivity contribution >= 4 is 11.6 Å². The number of anilines is 1. The Balaban J connectivity index is 2.11. The number of rotatable bonds is 5. The van der Waals surface area contributed by atoms with Crippen LogP contribution in [0.15, 0.2) is 36.4 Å². The van der Waals surface area contributed by atoms with Crippen molar-refractivity contribution in [1.29, 1.82) is 0 Å². The van der Waals surface area contributed by atoms with E-state index < -0.39 is 5.91 Å². The van der Waals surface area contributed by atoms with Gasteiger partial charge in [-0.15, -0.1) is 0 Å². The normalized spacial score (nSPS) is 10.2. The predicted molar refractivity (Wildman–Crippen MR) is 84.8 cm³/mol. The number of nitrogens with two attached hydrogens (primary N) is 1.